The van der Waals surface area contributed by atoms with Gasteiger partial charge in [-0.3, -0.25) is 0 Å². The molecule has 202 valence electrons. The highest BCUT2D eigenvalue weighted by molar-refractivity contribution is 9.10. The van der Waals surface area contributed by atoms with E-state index in [9.17, 15) is 9.59 Å². The Morgan fingerprint density at radius 3 is 2.11 bits per heavy atom. The average molecular weight is 577 g/mol. The summed E-state index contributed by atoms with van der Waals surface area (Å²) < 4.78 is 12.1. The van der Waals surface area contributed by atoms with Crippen LogP contribution in [0.4, 0.5) is 0 Å². The van der Waals surface area contributed by atoms with Gasteiger partial charge in [-0.25, -0.2) is 9.59 Å². The van der Waals surface area contributed by atoms with Gasteiger partial charge in [0.15, 0.2) is 11.5 Å². The molecule has 37 heavy (non-hydrogen) atoms. The molecular formula is C29H38BrNO6. The van der Waals surface area contributed by atoms with Crippen molar-refractivity contribution < 1.29 is 29.3 Å². The molecule has 0 saturated heterocycles. The average Bonchev–Trinajstić information content (AvgIpc) is 2.88. The number of benzene rings is 2. The van der Waals surface area contributed by atoms with Gasteiger partial charge < -0.3 is 24.6 Å². The molecule has 0 spiro atoms. The molecule has 0 aliphatic heterocycles. The summed E-state index contributed by atoms with van der Waals surface area (Å²) in [7, 11) is 5.69. The largest absolute Gasteiger partial charge is 0.493 e. The molecule has 0 heterocycles. The van der Waals surface area contributed by atoms with Crippen LogP contribution >= 0.6 is 15.9 Å². The molecule has 1 atom stereocenters. The van der Waals surface area contributed by atoms with Gasteiger partial charge in [0, 0.05) is 16.6 Å². The molecule has 0 radical (unpaired) electrons. The van der Waals surface area contributed by atoms with Gasteiger partial charge in [0.05, 0.1) is 14.2 Å². The Bertz CT molecular complexity index is 1020. The summed E-state index contributed by atoms with van der Waals surface area (Å²) in [5.74, 6) is -0.0107. The topological polar surface area (TPSA) is 96.3 Å². The van der Waals surface area contributed by atoms with Crippen molar-refractivity contribution in [1.82, 2.24) is 4.90 Å². The van der Waals surface area contributed by atoms with Gasteiger partial charge in [-0.15, -0.1) is 0 Å². The van der Waals surface area contributed by atoms with E-state index in [0.717, 1.165) is 34.7 Å². The smallest absolute Gasteiger partial charge is 0.328 e. The van der Waals surface area contributed by atoms with E-state index in [1.54, 1.807) is 14.2 Å². The zero-order valence-corrected chi connectivity index (χ0v) is 23.5. The molecule has 1 unspecified atom stereocenters. The highest BCUT2D eigenvalue weighted by Gasteiger charge is 2.21. The number of hydrogen-bond acceptors (Lipinski definition) is 5. The Labute approximate surface area is 228 Å². The molecule has 2 aromatic rings. The van der Waals surface area contributed by atoms with E-state index in [1.807, 2.05) is 0 Å². The van der Waals surface area contributed by atoms with Gasteiger partial charge in [0.2, 0.25) is 0 Å². The minimum Gasteiger partial charge on any atom is -0.493 e. The van der Waals surface area contributed by atoms with Gasteiger partial charge in [-0.2, -0.15) is 0 Å². The Balaban J connectivity index is 0.000000521. The summed E-state index contributed by atoms with van der Waals surface area (Å²) >= 11 is 3.50. The van der Waals surface area contributed by atoms with Crippen molar-refractivity contribution in [3.63, 3.8) is 0 Å². The van der Waals surface area contributed by atoms with Gasteiger partial charge in [-0.05, 0) is 112 Å². The third-order valence-corrected chi connectivity index (χ3v) is 7.00. The zero-order chi connectivity index (χ0) is 27.2. The summed E-state index contributed by atoms with van der Waals surface area (Å²) in [5.41, 5.74) is 4.31. The van der Waals surface area contributed by atoms with Crippen LogP contribution in [-0.2, 0) is 28.9 Å². The second-order valence-electron chi connectivity index (χ2n) is 9.27. The fourth-order valence-corrected chi connectivity index (χ4v) is 4.78. The van der Waals surface area contributed by atoms with Crippen LogP contribution in [0.2, 0.25) is 0 Å². The molecule has 7 nitrogen and oxygen atoms in total. The molecule has 0 amide bonds. The van der Waals surface area contributed by atoms with Gasteiger partial charge in [-0.1, -0.05) is 28.1 Å². The normalized spacial score (nSPS) is 14.6. The maximum absolute atomic E-state index is 9.55. The first-order valence-electron chi connectivity index (χ1n) is 12.5. The minimum absolute atomic E-state index is 0.558. The number of hydrogen-bond donors (Lipinski definition) is 2. The third kappa shape index (κ3) is 11.4. The maximum Gasteiger partial charge on any atom is 0.328 e. The van der Waals surface area contributed by atoms with Crippen LogP contribution < -0.4 is 9.47 Å². The lowest BCUT2D eigenvalue weighted by Gasteiger charge is -2.26. The predicted molar refractivity (Wildman–Crippen MR) is 149 cm³/mol. The Hall–Kier alpha value is -2.84. The zero-order valence-electron chi connectivity index (χ0n) is 21.9. The maximum atomic E-state index is 9.55. The molecule has 1 aliphatic carbocycles. The Morgan fingerprint density at radius 2 is 1.54 bits per heavy atom. The minimum atomic E-state index is -1.26. The van der Waals surface area contributed by atoms with Crippen LogP contribution in [0.15, 0.2) is 53.0 Å². The number of carbonyl (C=O) groups is 2. The van der Waals surface area contributed by atoms with E-state index in [1.165, 1.54) is 61.9 Å². The summed E-state index contributed by atoms with van der Waals surface area (Å²) in [6, 6.07) is 13.1. The molecule has 2 N–H and O–H groups in total. The second-order valence-corrected chi connectivity index (χ2v) is 10.2. The van der Waals surface area contributed by atoms with E-state index in [-0.39, 0.29) is 0 Å². The Morgan fingerprint density at radius 1 is 0.973 bits per heavy atom. The van der Waals surface area contributed by atoms with Crippen molar-refractivity contribution >= 4 is 27.9 Å². The van der Waals surface area contributed by atoms with Crippen LogP contribution in [0.3, 0.4) is 0 Å². The van der Waals surface area contributed by atoms with E-state index in [2.05, 4.69) is 64.3 Å². The van der Waals surface area contributed by atoms with Gasteiger partial charge >= 0.3 is 11.9 Å². The number of ether oxygens (including phenoxy) is 2. The fraction of sp³-hybridized carbons (Fsp3) is 0.448. The number of fused-ring (bicyclic) bond motifs is 1. The summed E-state index contributed by atoms with van der Waals surface area (Å²) in [5, 5.41) is 15.6. The van der Waals surface area contributed by atoms with Crippen LogP contribution in [0.25, 0.3) is 0 Å². The van der Waals surface area contributed by atoms with E-state index >= 15 is 0 Å². The SMILES string of the molecule is COc1cc2c(cc1OC)CC(CCCN(C)CCCc1ccc(Br)cc1)CC2.O=C(O)/C=C/C(=O)O. The first kappa shape index (κ1) is 30.4. The lowest BCUT2D eigenvalue weighted by molar-refractivity contribution is -0.134. The molecular weight excluding hydrogens is 538 g/mol. The molecule has 0 saturated carbocycles. The van der Waals surface area contributed by atoms with Crippen molar-refractivity contribution in [2.45, 2.75) is 44.9 Å². The molecule has 0 aromatic heterocycles. The lowest BCUT2D eigenvalue weighted by atomic mass is 9.81. The number of carboxylic acid groups (broad SMARTS) is 2. The fourth-order valence-electron chi connectivity index (χ4n) is 4.51. The van der Waals surface area contributed by atoms with Crippen LogP contribution in [-0.4, -0.2) is 61.4 Å². The number of nitrogens with zero attached hydrogens (tertiary/aromatic N) is 1. The number of carboxylic acids is 2. The number of rotatable bonds is 12. The molecule has 8 heteroatoms. The molecule has 0 bridgehead atoms. The summed E-state index contributed by atoms with van der Waals surface area (Å²) in [4.78, 5) is 21.6. The van der Waals surface area contributed by atoms with E-state index in [4.69, 9.17) is 19.7 Å². The van der Waals surface area contributed by atoms with E-state index in [0.29, 0.717) is 12.2 Å². The van der Waals surface area contributed by atoms with Crippen LogP contribution in [0.1, 0.15) is 42.4 Å². The number of aryl methyl sites for hydroxylation is 2. The number of methoxy groups -OCH3 is 2. The highest BCUT2D eigenvalue weighted by Crippen LogP contribution is 2.36. The van der Waals surface area contributed by atoms with Crippen molar-refractivity contribution in [3.05, 3.63) is 69.7 Å². The Kier molecular flexibility index (Phi) is 13.2. The third-order valence-electron chi connectivity index (χ3n) is 6.48. The molecule has 3 rings (SSSR count). The predicted octanol–water partition coefficient (Wildman–Crippen LogP) is 5.63. The molecule has 2 aromatic carbocycles. The summed E-state index contributed by atoms with van der Waals surface area (Å²) in [6.07, 6.45) is 9.69. The standard InChI is InChI=1S/C25H34BrNO2.C4H4O4/c1-27(14-4-6-19-9-12-23(26)13-10-19)15-5-7-20-8-11-21-17-24(28-2)25(29-3)18-22(21)16-20;5-3(6)1-2-4(7)8/h9-10,12-13,17-18,20H,4-8,11,14-16H2,1-3H3;1-2H,(H,5,6)(H,7,8)/b;2-1+. The second kappa shape index (κ2) is 16.1. The van der Waals surface area contributed by atoms with Crippen molar-refractivity contribution in [2.24, 2.45) is 5.92 Å². The van der Waals surface area contributed by atoms with E-state index < -0.39 is 11.9 Å². The quantitative estimate of drug-likeness (QED) is 0.317. The first-order chi connectivity index (χ1) is 17.7. The van der Waals surface area contributed by atoms with Gasteiger partial charge in [0.25, 0.3) is 0 Å². The first-order valence-corrected chi connectivity index (χ1v) is 13.3. The monoisotopic (exact) mass is 575 g/mol. The van der Waals surface area contributed by atoms with Crippen molar-refractivity contribution in [1.29, 1.82) is 0 Å². The number of aliphatic carboxylic acids is 2. The molecule has 0 fully saturated rings. The van der Waals surface area contributed by atoms with Crippen molar-refractivity contribution in [2.75, 3.05) is 34.4 Å². The van der Waals surface area contributed by atoms with Crippen LogP contribution in [0, 0.1) is 5.92 Å². The van der Waals surface area contributed by atoms with Gasteiger partial charge in [0.1, 0.15) is 0 Å². The number of halogens is 1. The van der Waals surface area contributed by atoms with Crippen molar-refractivity contribution in [3.8, 4) is 11.5 Å². The summed E-state index contributed by atoms with van der Waals surface area (Å²) in [6.45, 7) is 2.36. The van der Waals surface area contributed by atoms with Crippen LogP contribution in [0.5, 0.6) is 11.5 Å². The molecule has 1 aliphatic rings. The lowest BCUT2D eigenvalue weighted by Crippen LogP contribution is -2.23. The highest BCUT2D eigenvalue weighted by atomic mass is 79.9.